The fraction of sp³-hybridized carbons (Fsp3) is 0.188. The Morgan fingerprint density at radius 1 is 1.19 bits per heavy atom. The normalized spacial score (nSPS) is 10.6. The zero-order valence-corrected chi connectivity index (χ0v) is 12.8. The Morgan fingerprint density at radius 3 is 2.48 bits per heavy atom. The van der Waals surface area contributed by atoms with Crippen molar-refractivity contribution in [3.63, 3.8) is 0 Å². The molecule has 0 aliphatic rings. The van der Waals surface area contributed by atoms with Crippen LogP contribution in [0.5, 0.6) is 11.5 Å². The summed E-state index contributed by atoms with van der Waals surface area (Å²) in [6, 6.07) is 10.1. The number of ether oxygens (including phenoxy) is 2. The molecule has 4 nitrogen and oxygen atoms in total. The molecule has 0 aliphatic heterocycles. The molecule has 0 unspecified atom stereocenters. The van der Waals surface area contributed by atoms with Crippen molar-refractivity contribution >= 4 is 21.4 Å². The number of thiophene rings is 1. The number of rotatable bonds is 3. The van der Waals surface area contributed by atoms with E-state index in [0.717, 1.165) is 20.7 Å². The highest BCUT2D eigenvalue weighted by Crippen LogP contribution is 2.42. The molecule has 106 valence electrons. The molecule has 0 N–H and O–H groups in total. The predicted molar refractivity (Wildman–Crippen MR) is 84.1 cm³/mol. The van der Waals surface area contributed by atoms with Crippen LogP contribution in [0.15, 0.2) is 30.5 Å². The summed E-state index contributed by atoms with van der Waals surface area (Å²) in [6.45, 7) is 0. The molecule has 0 atom stereocenters. The first-order chi connectivity index (χ1) is 10.2. The molecule has 3 aromatic rings. The maximum absolute atomic E-state index is 9.56. The van der Waals surface area contributed by atoms with E-state index >= 15 is 0 Å². The Hall–Kier alpha value is -2.45. The first-order valence-electron chi connectivity index (χ1n) is 6.40. The topological polar surface area (TPSA) is 47.2 Å². The number of hydrogen-bond donors (Lipinski definition) is 0. The molecular formula is C16H14N2O2S. The molecule has 2 heterocycles. The standard InChI is InChI=1S/C16H14N2O2S/c1-18-6-4-5-12(18)16-11(9-17)10-7-13(19-2)14(20-3)8-15(10)21-16/h4-8H,1-3H3. The van der Waals surface area contributed by atoms with E-state index in [0.29, 0.717) is 17.1 Å². The van der Waals surface area contributed by atoms with Crippen LogP contribution in [0.2, 0.25) is 0 Å². The molecular weight excluding hydrogens is 284 g/mol. The highest BCUT2D eigenvalue weighted by molar-refractivity contribution is 7.22. The minimum absolute atomic E-state index is 0.637. The van der Waals surface area contributed by atoms with Crippen LogP contribution >= 0.6 is 11.3 Å². The minimum Gasteiger partial charge on any atom is -0.493 e. The highest BCUT2D eigenvalue weighted by atomic mass is 32.1. The molecule has 0 amide bonds. The largest absolute Gasteiger partial charge is 0.493 e. The number of nitrogens with zero attached hydrogens (tertiary/aromatic N) is 2. The molecule has 0 radical (unpaired) electrons. The molecule has 0 saturated heterocycles. The van der Waals surface area contributed by atoms with Crippen LogP contribution in [-0.4, -0.2) is 18.8 Å². The number of methoxy groups -OCH3 is 2. The van der Waals surface area contributed by atoms with E-state index in [1.807, 2.05) is 42.1 Å². The Bertz CT molecular complexity index is 855. The highest BCUT2D eigenvalue weighted by Gasteiger charge is 2.18. The third-order valence-electron chi connectivity index (χ3n) is 3.48. The number of hydrogen-bond acceptors (Lipinski definition) is 4. The summed E-state index contributed by atoms with van der Waals surface area (Å²) in [6.07, 6.45) is 1.97. The summed E-state index contributed by atoms with van der Waals surface area (Å²) >= 11 is 1.59. The Morgan fingerprint density at radius 2 is 1.90 bits per heavy atom. The van der Waals surface area contributed by atoms with Gasteiger partial charge in [-0.15, -0.1) is 11.3 Å². The first-order valence-corrected chi connectivity index (χ1v) is 7.21. The van der Waals surface area contributed by atoms with Crippen molar-refractivity contribution in [1.82, 2.24) is 4.57 Å². The van der Waals surface area contributed by atoms with Gasteiger partial charge < -0.3 is 14.0 Å². The van der Waals surface area contributed by atoms with Crippen molar-refractivity contribution in [2.45, 2.75) is 0 Å². The average molecular weight is 298 g/mol. The lowest BCUT2D eigenvalue weighted by atomic mass is 10.1. The van der Waals surface area contributed by atoms with Crippen molar-refractivity contribution < 1.29 is 9.47 Å². The van der Waals surface area contributed by atoms with Crippen LogP contribution in [0.25, 0.3) is 20.7 Å². The van der Waals surface area contributed by atoms with Gasteiger partial charge in [-0.1, -0.05) is 0 Å². The Labute approximate surface area is 126 Å². The molecule has 0 bridgehead atoms. The molecule has 21 heavy (non-hydrogen) atoms. The van der Waals surface area contributed by atoms with E-state index in [4.69, 9.17) is 9.47 Å². The lowest BCUT2D eigenvalue weighted by Crippen LogP contribution is -1.90. The van der Waals surface area contributed by atoms with Crippen LogP contribution in [-0.2, 0) is 7.05 Å². The monoisotopic (exact) mass is 298 g/mol. The van der Waals surface area contributed by atoms with Crippen LogP contribution in [0.4, 0.5) is 0 Å². The van der Waals surface area contributed by atoms with Gasteiger partial charge in [0.1, 0.15) is 6.07 Å². The van der Waals surface area contributed by atoms with Gasteiger partial charge in [-0.3, -0.25) is 0 Å². The van der Waals surface area contributed by atoms with E-state index in [1.54, 1.807) is 25.6 Å². The summed E-state index contributed by atoms with van der Waals surface area (Å²) in [4.78, 5) is 0.968. The maximum Gasteiger partial charge on any atom is 0.162 e. The van der Waals surface area contributed by atoms with Gasteiger partial charge in [0, 0.05) is 29.4 Å². The summed E-state index contributed by atoms with van der Waals surface area (Å²) in [5.74, 6) is 1.31. The average Bonchev–Trinajstić information content (AvgIpc) is 3.07. The Kier molecular flexibility index (Phi) is 3.32. The Balaban J connectivity index is 2.33. The molecule has 1 aromatic carbocycles. The van der Waals surface area contributed by atoms with Gasteiger partial charge in [-0.05, 0) is 18.2 Å². The number of fused-ring (bicyclic) bond motifs is 1. The zero-order chi connectivity index (χ0) is 15.0. The molecule has 5 heteroatoms. The van der Waals surface area contributed by atoms with Gasteiger partial charge in [0.2, 0.25) is 0 Å². The van der Waals surface area contributed by atoms with Crippen molar-refractivity contribution in [3.8, 4) is 28.1 Å². The number of aryl methyl sites for hydroxylation is 1. The van der Waals surface area contributed by atoms with Crippen molar-refractivity contribution in [2.24, 2.45) is 7.05 Å². The molecule has 0 aliphatic carbocycles. The fourth-order valence-corrected chi connectivity index (χ4v) is 3.64. The second kappa shape index (κ2) is 5.15. The second-order valence-electron chi connectivity index (χ2n) is 4.63. The van der Waals surface area contributed by atoms with Crippen LogP contribution < -0.4 is 9.47 Å². The molecule has 0 fully saturated rings. The van der Waals surface area contributed by atoms with Gasteiger partial charge in [-0.2, -0.15) is 5.26 Å². The zero-order valence-electron chi connectivity index (χ0n) is 12.0. The smallest absolute Gasteiger partial charge is 0.162 e. The van der Waals surface area contributed by atoms with Gasteiger partial charge in [0.15, 0.2) is 11.5 Å². The summed E-state index contributed by atoms with van der Waals surface area (Å²) in [5.41, 5.74) is 1.71. The minimum atomic E-state index is 0.637. The van der Waals surface area contributed by atoms with E-state index in [1.165, 1.54) is 0 Å². The lowest BCUT2D eigenvalue weighted by molar-refractivity contribution is 0.356. The SMILES string of the molecule is COc1cc2sc(-c3cccn3C)c(C#N)c2cc1OC. The van der Waals surface area contributed by atoms with Gasteiger partial charge in [0.05, 0.1) is 30.4 Å². The number of benzene rings is 1. The van der Waals surface area contributed by atoms with E-state index in [2.05, 4.69) is 6.07 Å². The predicted octanol–water partition coefficient (Wildman–Crippen LogP) is 3.80. The van der Waals surface area contributed by atoms with Gasteiger partial charge in [0.25, 0.3) is 0 Å². The van der Waals surface area contributed by atoms with Gasteiger partial charge >= 0.3 is 0 Å². The molecule has 2 aromatic heterocycles. The fourth-order valence-electron chi connectivity index (χ4n) is 2.41. The maximum atomic E-state index is 9.56. The molecule has 3 rings (SSSR count). The third-order valence-corrected chi connectivity index (χ3v) is 4.66. The summed E-state index contributed by atoms with van der Waals surface area (Å²) < 4.78 is 13.7. The lowest BCUT2D eigenvalue weighted by Gasteiger charge is -2.06. The van der Waals surface area contributed by atoms with Crippen LogP contribution in [0, 0.1) is 11.3 Å². The van der Waals surface area contributed by atoms with Crippen LogP contribution in [0.1, 0.15) is 5.56 Å². The summed E-state index contributed by atoms with van der Waals surface area (Å²) in [5, 5.41) is 10.5. The second-order valence-corrected chi connectivity index (χ2v) is 5.68. The van der Waals surface area contributed by atoms with Crippen molar-refractivity contribution in [1.29, 1.82) is 5.26 Å². The van der Waals surface area contributed by atoms with Crippen LogP contribution in [0.3, 0.4) is 0 Å². The molecule has 0 saturated carbocycles. The van der Waals surface area contributed by atoms with Gasteiger partial charge in [-0.25, -0.2) is 0 Å². The van der Waals surface area contributed by atoms with Crippen molar-refractivity contribution in [2.75, 3.05) is 14.2 Å². The quantitative estimate of drug-likeness (QED) is 0.739. The summed E-state index contributed by atoms with van der Waals surface area (Å²) in [7, 11) is 5.18. The van der Waals surface area contributed by atoms with Crippen molar-refractivity contribution in [3.05, 3.63) is 36.0 Å². The first kappa shape index (κ1) is 13.5. The number of nitriles is 1. The van der Waals surface area contributed by atoms with E-state index in [-0.39, 0.29) is 0 Å². The van der Waals surface area contributed by atoms with E-state index < -0.39 is 0 Å². The van der Waals surface area contributed by atoms with E-state index in [9.17, 15) is 5.26 Å². The molecule has 0 spiro atoms. The third kappa shape index (κ3) is 2.05. The number of aromatic nitrogens is 1.